The zero-order chi connectivity index (χ0) is 19.1. The van der Waals surface area contributed by atoms with Crippen molar-refractivity contribution in [2.45, 2.75) is 31.1 Å². The lowest BCUT2D eigenvalue weighted by molar-refractivity contribution is -0.145. The molecule has 1 amide bonds. The highest BCUT2D eigenvalue weighted by atomic mass is 32.2. The number of ether oxygens (including phenoxy) is 1. The van der Waals surface area contributed by atoms with E-state index in [-0.39, 0.29) is 30.0 Å². The molecule has 0 spiro atoms. The number of nitrogens with zero attached hydrogens (tertiary/aromatic N) is 3. The van der Waals surface area contributed by atoms with Crippen LogP contribution in [-0.2, 0) is 9.59 Å². The Hall–Kier alpha value is -2.62. The second-order valence-electron chi connectivity index (χ2n) is 5.61. The molecule has 2 rings (SSSR count). The van der Waals surface area contributed by atoms with Crippen LogP contribution in [0.4, 0.5) is 4.39 Å². The molecular formula is C16H19FN4O4S. The summed E-state index contributed by atoms with van der Waals surface area (Å²) in [6, 6.07) is 5.13. The summed E-state index contributed by atoms with van der Waals surface area (Å²) in [5, 5.41) is 20.1. The molecule has 0 saturated heterocycles. The first kappa shape index (κ1) is 19.7. The first-order valence-electron chi connectivity index (χ1n) is 7.81. The van der Waals surface area contributed by atoms with Crippen LogP contribution in [0.2, 0.25) is 0 Å². The molecule has 2 aromatic rings. The lowest BCUT2D eigenvalue weighted by atomic mass is 10.3. The smallest absolute Gasteiger partial charge is 0.346 e. The van der Waals surface area contributed by atoms with E-state index in [0.29, 0.717) is 5.16 Å². The van der Waals surface area contributed by atoms with Crippen molar-refractivity contribution in [2.75, 3.05) is 12.3 Å². The number of hydrogen-bond acceptors (Lipinski definition) is 6. The summed E-state index contributed by atoms with van der Waals surface area (Å²) >= 11 is 1.20. The standard InChI is InChI=1S/C16H19FN4O4S/c1-10(2)21-9-19-20-16(21)26-8-14(22)18-7-13(15(23)24)25-12-5-3-11(17)4-6-12/h3-6,9-10,13H,7-8H2,1-2H3,(H,18,22)(H,23,24). The molecule has 8 nitrogen and oxygen atoms in total. The van der Waals surface area contributed by atoms with Crippen molar-refractivity contribution in [1.82, 2.24) is 20.1 Å². The van der Waals surface area contributed by atoms with Crippen LogP contribution in [0.3, 0.4) is 0 Å². The number of aromatic nitrogens is 3. The maximum absolute atomic E-state index is 12.9. The zero-order valence-electron chi connectivity index (χ0n) is 14.3. The quantitative estimate of drug-likeness (QED) is 0.636. The molecule has 10 heteroatoms. The normalized spacial score (nSPS) is 12.0. The Morgan fingerprint density at radius 3 is 2.65 bits per heavy atom. The fraction of sp³-hybridized carbons (Fsp3) is 0.375. The molecule has 0 aliphatic rings. The Kier molecular flexibility index (Phi) is 6.96. The summed E-state index contributed by atoms with van der Waals surface area (Å²) in [5.74, 6) is -1.78. The molecule has 2 N–H and O–H groups in total. The number of carboxylic acids is 1. The number of amides is 1. The highest BCUT2D eigenvalue weighted by Crippen LogP contribution is 2.18. The lowest BCUT2D eigenvalue weighted by Crippen LogP contribution is -2.41. The van der Waals surface area contributed by atoms with Gasteiger partial charge in [0.25, 0.3) is 0 Å². The van der Waals surface area contributed by atoms with E-state index in [1.807, 2.05) is 18.4 Å². The number of thioether (sulfide) groups is 1. The van der Waals surface area contributed by atoms with Crippen molar-refractivity contribution in [2.24, 2.45) is 0 Å². The van der Waals surface area contributed by atoms with Crippen molar-refractivity contribution in [3.8, 4) is 5.75 Å². The van der Waals surface area contributed by atoms with E-state index in [1.165, 1.54) is 23.9 Å². The van der Waals surface area contributed by atoms with Crippen LogP contribution in [0.1, 0.15) is 19.9 Å². The van der Waals surface area contributed by atoms with Gasteiger partial charge in [-0.2, -0.15) is 0 Å². The minimum atomic E-state index is -1.28. The van der Waals surface area contributed by atoms with Gasteiger partial charge in [-0.15, -0.1) is 10.2 Å². The molecule has 140 valence electrons. The molecular weight excluding hydrogens is 363 g/mol. The van der Waals surface area contributed by atoms with Gasteiger partial charge in [0, 0.05) is 6.04 Å². The number of carbonyl (C=O) groups excluding carboxylic acids is 1. The Bertz CT molecular complexity index is 751. The maximum atomic E-state index is 12.9. The van der Waals surface area contributed by atoms with E-state index in [2.05, 4.69) is 15.5 Å². The van der Waals surface area contributed by atoms with Crippen LogP contribution in [0.5, 0.6) is 5.75 Å². The van der Waals surface area contributed by atoms with Gasteiger partial charge in [0.15, 0.2) is 5.16 Å². The van der Waals surface area contributed by atoms with Crippen LogP contribution in [-0.4, -0.2) is 50.1 Å². The number of nitrogens with one attached hydrogen (secondary N) is 1. The summed E-state index contributed by atoms with van der Waals surface area (Å²) in [6.45, 7) is 3.72. The highest BCUT2D eigenvalue weighted by Gasteiger charge is 2.21. The Morgan fingerprint density at radius 1 is 1.35 bits per heavy atom. The summed E-state index contributed by atoms with van der Waals surface area (Å²) < 4.78 is 20.0. The fourth-order valence-corrected chi connectivity index (χ4v) is 2.81. The molecule has 0 aliphatic carbocycles. The van der Waals surface area contributed by atoms with Crippen molar-refractivity contribution < 1.29 is 23.8 Å². The van der Waals surface area contributed by atoms with E-state index in [0.717, 1.165) is 12.1 Å². The third-order valence-electron chi connectivity index (χ3n) is 3.28. The van der Waals surface area contributed by atoms with Crippen molar-refractivity contribution >= 4 is 23.6 Å². The minimum absolute atomic E-state index is 0.0638. The van der Waals surface area contributed by atoms with Crippen LogP contribution >= 0.6 is 11.8 Å². The minimum Gasteiger partial charge on any atom is -0.478 e. The number of carboxylic acid groups (broad SMARTS) is 1. The third kappa shape index (κ3) is 5.73. The predicted molar refractivity (Wildman–Crippen MR) is 92.6 cm³/mol. The molecule has 0 saturated carbocycles. The topological polar surface area (TPSA) is 106 Å². The molecule has 0 fully saturated rings. The van der Waals surface area contributed by atoms with Gasteiger partial charge < -0.3 is 19.7 Å². The largest absolute Gasteiger partial charge is 0.478 e. The molecule has 1 aromatic carbocycles. The number of carbonyl (C=O) groups is 2. The predicted octanol–water partition coefficient (Wildman–Crippen LogP) is 1.74. The SMILES string of the molecule is CC(C)n1cnnc1SCC(=O)NCC(Oc1ccc(F)cc1)C(=O)O. The van der Waals surface area contributed by atoms with Crippen LogP contribution in [0.15, 0.2) is 35.7 Å². The zero-order valence-corrected chi connectivity index (χ0v) is 15.1. The Balaban J connectivity index is 1.84. The van der Waals surface area contributed by atoms with E-state index in [4.69, 9.17) is 4.74 Å². The fourth-order valence-electron chi connectivity index (χ4n) is 1.93. The number of rotatable bonds is 9. The van der Waals surface area contributed by atoms with Gasteiger partial charge >= 0.3 is 5.97 Å². The molecule has 26 heavy (non-hydrogen) atoms. The molecule has 1 atom stereocenters. The number of aliphatic carboxylic acids is 1. The van der Waals surface area contributed by atoms with Crippen molar-refractivity contribution in [3.63, 3.8) is 0 Å². The van der Waals surface area contributed by atoms with Gasteiger partial charge in [0.2, 0.25) is 12.0 Å². The average molecular weight is 382 g/mol. The molecule has 1 heterocycles. The second-order valence-corrected chi connectivity index (χ2v) is 6.55. The Labute approximate surface area is 153 Å². The van der Waals surface area contributed by atoms with E-state index in [1.54, 1.807) is 6.33 Å². The molecule has 1 aromatic heterocycles. The van der Waals surface area contributed by atoms with Gasteiger partial charge in [0.05, 0.1) is 12.3 Å². The second kappa shape index (κ2) is 9.18. The summed E-state index contributed by atoms with van der Waals surface area (Å²) in [6.07, 6.45) is 0.302. The number of halogens is 1. The van der Waals surface area contributed by atoms with E-state index < -0.39 is 17.9 Å². The number of benzene rings is 1. The first-order chi connectivity index (χ1) is 12.4. The number of hydrogen-bond donors (Lipinski definition) is 2. The van der Waals surface area contributed by atoms with Gasteiger partial charge in [-0.05, 0) is 38.1 Å². The first-order valence-corrected chi connectivity index (χ1v) is 8.79. The van der Waals surface area contributed by atoms with Gasteiger partial charge in [-0.25, -0.2) is 9.18 Å². The summed E-state index contributed by atoms with van der Waals surface area (Å²) in [7, 11) is 0. The van der Waals surface area contributed by atoms with Crippen molar-refractivity contribution in [3.05, 3.63) is 36.4 Å². The third-order valence-corrected chi connectivity index (χ3v) is 4.24. The van der Waals surface area contributed by atoms with E-state index >= 15 is 0 Å². The molecule has 1 unspecified atom stereocenters. The monoisotopic (exact) mass is 382 g/mol. The molecule has 0 radical (unpaired) electrons. The van der Waals surface area contributed by atoms with Gasteiger partial charge in [-0.1, -0.05) is 11.8 Å². The molecule has 0 aliphatic heterocycles. The van der Waals surface area contributed by atoms with Crippen LogP contribution < -0.4 is 10.1 Å². The molecule has 0 bridgehead atoms. The average Bonchev–Trinajstić information content (AvgIpc) is 3.07. The summed E-state index contributed by atoms with van der Waals surface area (Å²) in [5.41, 5.74) is 0. The van der Waals surface area contributed by atoms with E-state index in [9.17, 15) is 19.1 Å². The van der Waals surface area contributed by atoms with Crippen LogP contribution in [0, 0.1) is 5.82 Å². The lowest BCUT2D eigenvalue weighted by Gasteiger charge is -2.16. The summed E-state index contributed by atoms with van der Waals surface area (Å²) in [4.78, 5) is 23.2. The van der Waals surface area contributed by atoms with Crippen molar-refractivity contribution in [1.29, 1.82) is 0 Å². The highest BCUT2D eigenvalue weighted by molar-refractivity contribution is 7.99. The van der Waals surface area contributed by atoms with Gasteiger partial charge in [0.1, 0.15) is 17.9 Å². The maximum Gasteiger partial charge on any atom is 0.346 e. The Morgan fingerprint density at radius 2 is 2.04 bits per heavy atom. The van der Waals surface area contributed by atoms with Crippen LogP contribution in [0.25, 0.3) is 0 Å². The van der Waals surface area contributed by atoms with Gasteiger partial charge in [-0.3, -0.25) is 4.79 Å².